The van der Waals surface area contributed by atoms with Gasteiger partial charge in [0.25, 0.3) is 0 Å². The van der Waals surface area contributed by atoms with E-state index in [0.29, 0.717) is 5.02 Å². The predicted molar refractivity (Wildman–Crippen MR) is 87.3 cm³/mol. The first-order valence-corrected chi connectivity index (χ1v) is 7.85. The number of thioether (sulfide) groups is 1. The maximum absolute atomic E-state index is 6.31. The van der Waals surface area contributed by atoms with Crippen LogP contribution in [0.2, 0.25) is 10.0 Å². The zero-order chi connectivity index (χ0) is 13.8. The lowest BCUT2D eigenvalue weighted by Gasteiger charge is -2.20. The van der Waals surface area contributed by atoms with Crippen LogP contribution in [0, 0.1) is 0 Å². The van der Waals surface area contributed by atoms with Gasteiger partial charge in [0.15, 0.2) is 0 Å². The molecule has 2 aromatic carbocycles. The van der Waals surface area contributed by atoms with Crippen molar-refractivity contribution in [1.82, 2.24) is 0 Å². The Morgan fingerprint density at radius 1 is 1.11 bits per heavy atom. The lowest BCUT2D eigenvalue weighted by Crippen LogP contribution is -2.02. The molecule has 4 heteroatoms. The van der Waals surface area contributed by atoms with E-state index in [1.165, 1.54) is 0 Å². The van der Waals surface area contributed by atoms with Crippen LogP contribution in [0.1, 0.15) is 23.3 Å². The largest absolute Gasteiger partial charge is 0.398 e. The quantitative estimate of drug-likeness (QED) is 0.763. The van der Waals surface area contributed by atoms with Gasteiger partial charge in [0.2, 0.25) is 0 Å². The third-order valence-corrected chi connectivity index (χ3v) is 4.61. The first kappa shape index (κ1) is 14.6. The van der Waals surface area contributed by atoms with Gasteiger partial charge >= 0.3 is 0 Å². The second-order valence-electron chi connectivity index (χ2n) is 4.13. The van der Waals surface area contributed by atoms with Gasteiger partial charge < -0.3 is 5.73 Å². The number of nitrogen functional groups attached to an aromatic ring is 1. The zero-order valence-electron chi connectivity index (χ0n) is 10.6. The number of nitrogens with two attached hydrogens (primary N) is 1. The smallest absolute Gasteiger partial charge is 0.0582 e. The van der Waals surface area contributed by atoms with Gasteiger partial charge in [0, 0.05) is 15.7 Å². The monoisotopic (exact) mass is 311 g/mol. The highest BCUT2D eigenvalue weighted by Crippen LogP contribution is 2.41. The molecule has 100 valence electrons. The Labute approximate surface area is 128 Å². The molecule has 0 amide bonds. The summed E-state index contributed by atoms with van der Waals surface area (Å²) in [6.45, 7) is 2.12. The van der Waals surface area contributed by atoms with Crippen molar-refractivity contribution in [1.29, 1.82) is 0 Å². The fourth-order valence-corrected chi connectivity index (χ4v) is 3.57. The minimum atomic E-state index is 0.109. The molecule has 0 aliphatic carbocycles. The molecule has 0 fully saturated rings. The van der Waals surface area contributed by atoms with Crippen LogP contribution in [-0.2, 0) is 0 Å². The van der Waals surface area contributed by atoms with E-state index in [0.717, 1.165) is 27.6 Å². The van der Waals surface area contributed by atoms with E-state index in [2.05, 4.69) is 6.92 Å². The Balaban J connectivity index is 2.51. The molecule has 0 aliphatic heterocycles. The Morgan fingerprint density at radius 3 is 2.53 bits per heavy atom. The molecule has 19 heavy (non-hydrogen) atoms. The summed E-state index contributed by atoms with van der Waals surface area (Å²) in [6.07, 6.45) is 0. The molecule has 2 rings (SSSR count). The van der Waals surface area contributed by atoms with Gasteiger partial charge in [-0.2, -0.15) is 0 Å². The topological polar surface area (TPSA) is 26.0 Å². The van der Waals surface area contributed by atoms with Crippen LogP contribution in [0.4, 0.5) is 5.69 Å². The number of hydrogen-bond donors (Lipinski definition) is 1. The summed E-state index contributed by atoms with van der Waals surface area (Å²) in [4.78, 5) is 0. The maximum Gasteiger partial charge on any atom is 0.0582 e. The second kappa shape index (κ2) is 6.56. The van der Waals surface area contributed by atoms with Crippen LogP contribution in [0.25, 0.3) is 0 Å². The average molecular weight is 312 g/mol. The number of anilines is 1. The number of halogens is 2. The molecule has 0 bridgehead atoms. The first-order chi connectivity index (χ1) is 9.13. The highest BCUT2D eigenvalue weighted by molar-refractivity contribution is 7.99. The molecular weight excluding hydrogens is 297 g/mol. The van der Waals surface area contributed by atoms with Gasteiger partial charge in [0.1, 0.15) is 0 Å². The normalized spacial score (nSPS) is 12.4. The molecule has 0 aliphatic rings. The Morgan fingerprint density at radius 2 is 1.84 bits per heavy atom. The average Bonchev–Trinajstić information content (AvgIpc) is 2.40. The van der Waals surface area contributed by atoms with Crippen molar-refractivity contribution >= 4 is 40.7 Å². The van der Waals surface area contributed by atoms with E-state index in [1.807, 2.05) is 36.4 Å². The van der Waals surface area contributed by atoms with Crippen molar-refractivity contribution in [3.8, 4) is 0 Å². The molecule has 0 aromatic heterocycles. The van der Waals surface area contributed by atoms with Crippen LogP contribution < -0.4 is 5.73 Å². The Kier molecular flexibility index (Phi) is 5.03. The van der Waals surface area contributed by atoms with Crippen molar-refractivity contribution in [3.63, 3.8) is 0 Å². The van der Waals surface area contributed by atoms with Crippen LogP contribution >= 0.6 is 35.0 Å². The van der Waals surface area contributed by atoms with Gasteiger partial charge in [-0.25, -0.2) is 0 Å². The zero-order valence-corrected chi connectivity index (χ0v) is 12.9. The Bertz CT molecular complexity index is 572. The molecule has 1 nitrogen and oxygen atoms in total. The molecule has 0 spiro atoms. The summed E-state index contributed by atoms with van der Waals surface area (Å²) >= 11 is 14.2. The van der Waals surface area contributed by atoms with Crippen molar-refractivity contribution in [2.24, 2.45) is 0 Å². The molecule has 2 N–H and O–H groups in total. The Hall–Kier alpha value is -0.830. The van der Waals surface area contributed by atoms with Crippen LogP contribution in [0.5, 0.6) is 0 Å². The molecule has 2 aromatic rings. The van der Waals surface area contributed by atoms with E-state index in [-0.39, 0.29) is 5.25 Å². The molecular formula is C15H15Cl2NS. The number of benzene rings is 2. The summed E-state index contributed by atoms with van der Waals surface area (Å²) in [5.74, 6) is 0.974. The lowest BCUT2D eigenvalue weighted by molar-refractivity contribution is 1.16. The van der Waals surface area contributed by atoms with Crippen molar-refractivity contribution in [2.75, 3.05) is 11.5 Å². The van der Waals surface area contributed by atoms with Gasteiger partial charge in [-0.1, -0.05) is 48.3 Å². The molecule has 0 heterocycles. The van der Waals surface area contributed by atoms with E-state index in [9.17, 15) is 0 Å². The third-order valence-electron chi connectivity index (χ3n) is 2.85. The summed E-state index contributed by atoms with van der Waals surface area (Å²) in [6, 6.07) is 13.4. The van der Waals surface area contributed by atoms with Gasteiger partial charge in [-0.3, -0.25) is 0 Å². The van der Waals surface area contributed by atoms with Gasteiger partial charge in [-0.05, 0) is 41.1 Å². The van der Waals surface area contributed by atoms with Crippen LogP contribution in [0.15, 0.2) is 42.5 Å². The van der Waals surface area contributed by atoms with Crippen LogP contribution in [-0.4, -0.2) is 5.75 Å². The SMILES string of the molecule is CCSC(c1cc(Cl)ccc1N)c1ccccc1Cl. The maximum atomic E-state index is 6.31. The predicted octanol–water partition coefficient (Wildman–Crippen LogP) is 5.42. The lowest BCUT2D eigenvalue weighted by atomic mass is 10.0. The minimum Gasteiger partial charge on any atom is -0.398 e. The summed E-state index contributed by atoms with van der Waals surface area (Å²) in [7, 11) is 0. The third kappa shape index (κ3) is 3.38. The van der Waals surface area contributed by atoms with Gasteiger partial charge in [0.05, 0.1) is 5.25 Å². The van der Waals surface area contributed by atoms with E-state index >= 15 is 0 Å². The fraction of sp³-hybridized carbons (Fsp3) is 0.200. The minimum absolute atomic E-state index is 0.109. The molecule has 0 saturated heterocycles. The summed E-state index contributed by atoms with van der Waals surface area (Å²) in [5, 5.41) is 1.56. The molecule has 1 atom stereocenters. The summed E-state index contributed by atoms with van der Waals surface area (Å²) < 4.78 is 0. The molecule has 1 unspecified atom stereocenters. The number of rotatable bonds is 4. The highest BCUT2D eigenvalue weighted by atomic mass is 35.5. The van der Waals surface area contributed by atoms with E-state index in [1.54, 1.807) is 17.8 Å². The van der Waals surface area contributed by atoms with Crippen molar-refractivity contribution in [2.45, 2.75) is 12.2 Å². The van der Waals surface area contributed by atoms with Crippen molar-refractivity contribution < 1.29 is 0 Å². The van der Waals surface area contributed by atoms with E-state index < -0.39 is 0 Å². The first-order valence-electron chi connectivity index (χ1n) is 6.04. The van der Waals surface area contributed by atoms with Crippen molar-refractivity contribution in [3.05, 3.63) is 63.6 Å². The molecule has 0 radical (unpaired) electrons. The highest BCUT2D eigenvalue weighted by Gasteiger charge is 2.19. The van der Waals surface area contributed by atoms with Crippen LogP contribution in [0.3, 0.4) is 0 Å². The summed E-state index contributed by atoms with van der Waals surface area (Å²) in [5.41, 5.74) is 8.93. The van der Waals surface area contributed by atoms with Gasteiger partial charge in [-0.15, -0.1) is 11.8 Å². The molecule has 0 saturated carbocycles. The fourth-order valence-electron chi connectivity index (χ4n) is 1.97. The van der Waals surface area contributed by atoms with E-state index in [4.69, 9.17) is 28.9 Å². The second-order valence-corrected chi connectivity index (χ2v) is 6.36. The standard InChI is InChI=1S/C15H15Cl2NS/c1-2-19-15(11-5-3-4-6-13(11)17)12-9-10(16)7-8-14(12)18/h3-9,15H,2,18H2,1H3. The number of hydrogen-bond acceptors (Lipinski definition) is 2.